The SMILES string of the molecule is COc1cc(C)c(COC(=O)c2ccc(-n3c(C)ccc3C)cc2)cc1OC. The summed E-state index contributed by atoms with van der Waals surface area (Å²) < 4.78 is 18.3. The van der Waals surface area contributed by atoms with E-state index in [0.717, 1.165) is 28.2 Å². The molecule has 1 aromatic heterocycles. The van der Waals surface area contributed by atoms with Crippen LogP contribution in [0.5, 0.6) is 11.5 Å². The summed E-state index contributed by atoms with van der Waals surface area (Å²) in [6.07, 6.45) is 0. The smallest absolute Gasteiger partial charge is 0.338 e. The van der Waals surface area contributed by atoms with Gasteiger partial charge in [0.1, 0.15) is 6.61 Å². The highest BCUT2D eigenvalue weighted by Gasteiger charge is 2.13. The standard InChI is InChI=1S/C23H25NO4/c1-15-12-21(26-4)22(27-5)13-19(15)14-28-23(25)18-8-10-20(11-9-18)24-16(2)6-7-17(24)3/h6-13H,14H2,1-5H3. The molecule has 5 heteroatoms. The summed E-state index contributed by atoms with van der Waals surface area (Å²) in [6, 6.07) is 15.3. The number of benzene rings is 2. The number of aromatic nitrogens is 1. The minimum absolute atomic E-state index is 0.169. The van der Waals surface area contributed by atoms with Gasteiger partial charge in [0, 0.05) is 17.1 Å². The van der Waals surface area contributed by atoms with E-state index in [2.05, 4.69) is 30.5 Å². The molecule has 0 N–H and O–H groups in total. The molecule has 2 aromatic carbocycles. The molecule has 3 rings (SSSR count). The number of rotatable bonds is 6. The van der Waals surface area contributed by atoms with Crippen LogP contribution in [0.15, 0.2) is 48.5 Å². The molecule has 0 aliphatic heterocycles. The van der Waals surface area contributed by atoms with Crippen molar-refractivity contribution in [1.29, 1.82) is 0 Å². The lowest BCUT2D eigenvalue weighted by Crippen LogP contribution is -2.07. The van der Waals surface area contributed by atoms with Crippen LogP contribution in [0.1, 0.15) is 32.9 Å². The average Bonchev–Trinajstić information content (AvgIpc) is 3.04. The monoisotopic (exact) mass is 379 g/mol. The van der Waals surface area contributed by atoms with Gasteiger partial charge in [-0.25, -0.2) is 4.79 Å². The summed E-state index contributed by atoms with van der Waals surface area (Å²) in [5.74, 6) is 0.906. The molecular formula is C23H25NO4. The van der Waals surface area contributed by atoms with Gasteiger partial charge >= 0.3 is 5.97 Å². The number of ether oxygens (including phenoxy) is 3. The zero-order chi connectivity index (χ0) is 20.3. The second kappa shape index (κ2) is 8.21. The van der Waals surface area contributed by atoms with Crippen molar-refractivity contribution in [1.82, 2.24) is 4.57 Å². The number of nitrogens with zero attached hydrogens (tertiary/aromatic N) is 1. The largest absolute Gasteiger partial charge is 0.493 e. The predicted molar refractivity (Wildman–Crippen MR) is 109 cm³/mol. The summed E-state index contributed by atoms with van der Waals surface area (Å²) in [6.45, 7) is 6.23. The molecule has 0 fully saturated rings. The Balaban J connectivity index is 1.72. The Labute approximate surface area is 165 Å². The van der Waals surface area contributed by atoms with Gasteiger partial charge in [-0.1, -0.05) is 0 Å². The van der Waals surface area contributed by atoms with Crippen LogP contribution < -0.4 is 9.47 Å². The maximum absolute atomic E-state index is 12.5. The van der Waals surface area contributed by atoms with Crippen LogP contribution >= 0.6 is 0 Å². The molecule has 0 amide bonds. The number of hydrogen-bond donors (Lipinski definition) is 0. The van der Waals surface area contributed by atoms with Crippen LogP contribution in [0.25, 0.3) is 5.69 Å². The van der Waals surface area contributed by atoms with Crippen LogP contribution in [-0.2, 0) is 11.3 Å². The molecule has 1 heterocycles. The fourth-order valence-corrected chi connectivity index (χ4v) is 3.23. The fraction of sp³-hybridized carbons (Fsp3) is 0.261. The lowest BCUT2D eigenvalue weighted by molar-refractivity contribution is 0.0472. The number of esters is 1. The topological polar surface area (TPSA) is 49.7 Å². The van der Waals surface area contributed by atoms with Crippen LogP contribution in [0.4, 0.5) is 0 Å². The maximum atomic E-state index is 12.5. The Morgan fingerprint density at radius 2 is 1.43 bits per heavy atom. The van der Waals surface area contributed by atoms with Gasteiger partial charge in [-0.2, -0.15) is 0 Å². The second-order valence-corrected chi connectivity index (χ2v) is 6.71. The zero-order valence-corrected chi connectivity index (χ0v) is 16.9. The van der Waals surface area contributed by atoms with Crippen molar-refractivity contribution < 1.29 is 19.0 Å². The fourth-order valence-electron chi connectivity index (χ4n) is 3.23. The normalized spacial score (nSPS) is 10.6. The summed E-state index contributed by atoms with van der Waals surface area (Å²) in [4.78, 5) is 12.5. The third kappa shape index (κ3) is 3.88. The third-order valence-corrected chi connectivity index (χ3v) is 4.83. The van der Waals surface area contributed by atoms with Gasteiger partial charge in [-0.3, -0.25) is 0 Å². The van der Waals surface area contributed by atoms with Gasteiger partial charge in [0.25, 0.3) is 0 Å². The van der Waals surface area contributed by atoms with Gasteiger partial charge in [0.05, 0.1) is 19.8 Å². The van der Waals surface area contributed by atoms with Crippen molar-refractivity contribution in [3.8, 4) is 17.2 Å². The first-order valence-electron chi connectivity index (χ1n) is 9.08. The highest BCUT2D eigenvalue weighted by molar-refractivity contribution is 5.89. The molecule has 3 aromatic rings. The lowest BCUT2D eigenvalue weighted by Gasteiger charge is -2.13. The Morgan fingerprint density at radius 1 is 0.857 bits per heavy atom. The molecule has 5 nitrogen and oxygen atoms in total. The highest BCUT2D eigenvalue weighted by atomic mass is 16.5. The molecule has 146 valence electrons. The van der Waals surface area contributed by atoms with E-state index in [-0.39, 0.29) is 12.6 Å². The van der Waals surface area contributed by atoms with Gasteiger partial charge in [0.15, 0.2) is 11.5 Å². The Kier molecular flexibility index (Phi) is 5.73. The maximum Gasteiger partial charge on any atom is 0.338 e. The number of methoxy groups -OCH3 is 2. The van der Waals surface area contributed by atoms with E-state index >= 15 is 0 Å². The Bertz CT molecular complexity index is 967. The Morgan fingerprint density at radius 3 is 2.00 bits per heavy atom. The first-order valence-corrected chi connectivity index (χ1v) is 9.08. The highest BCUT2D eigenvalue weighted by Crippen LogP contribution is 2.30. The zero-order valence-electron chi connectivity index (χ0n) is 16.9. The van der Waals surface area contributed by atoms with Crippen LogP contribution in [-0.4, -0.2) is 24.8 Å². The third-order valence-electron chi connectivity index (χ3n) is 4.83. The van der Waals surface area contributed by atoms with E-state index in [1.54, 1.807) is 26.4 Å². The summed E-state index contributed by atoms with van der Waals surface area (Å²) in [5, 5.41) is 0. The molecule has 0 saturated heterocycles. The first-order chi connectivity index (χ1) is 13.4. The quantitative estimate of drug-likeness (QED) is 0.579. The van der Waals surface area contributed by atoms with Crippen LogP contribution in [0.3, 0.4) is 0 Å². The molecule has 0 bridgehead atoms. The Hall–Kier alpha value is -3.21. The molecule has 0 aliphatic carbocycles. The van der Waals surface area contributed by atoms with Gasteiger partial charge < -0.3 is 18.8 Å². The predicted octanol–water partition coefficient (Wildman–Crippen LogP) is 4.78. The van der Waals surface area contributed by atoms with E-state index in [0.29, 0.717) is 17.1 Å². The lowest BCUT2D eigenvalue weighted by atomic mass is 10.1. The molecule has 28 heavy (non-hydrogen) atoms. The van der Waals surface area contributed by atoms with E-state index in [4.69, 9.17) is 14.2 Å². The van der Waals surface area contributed by atoms with E-state index in [1.807, 2.05) is 31.2 Å². The number of carbonyl (C=O) groups excluding carboxylic acids is 1. The molecule has 0 saturated carbocycles. The summed E-state index contributed by atoms with van der Waals surface area (Å²) in [7, 11) is 3.18. The number of carbonyl (C=O) groups is 1. The van der Waals surface area contributed by atoms with Crippen molar-refractivity contribution in [2.75, 3.05) is 14.2 Å². The van der Waals surface area contributed by atoms with Gasteiger partial charge in [-0.15, -0.1) is 0 Å². The first kappa shape index (κ1) is 19.5. The summed E-state index contributed by atoms with van der Waals surface area (Å²) >= 11 is 0. The van der Waals surface area contributed by atoms with Crippen LogP contribution in [0, 0.1) is 20.8 Å². The van der Waals surface area contributed by atoms with Crippen molar-refractivity contribution in [2.45, 2.75) is 27.4 Å². The van der Waals surface area contributed by atoms with Crippen molar-refractivity contribution in [3.05, 3.63) is 76.6 Å². The minimum atomic E-state index is -0.360. The van der Waals surface area contributed by atoms with Crippen molar-refractivity contribution in [2.24, 2.45) is 0 Å². The molecule has 0 spiro atoms. The summed E-state index contributed by atoms with van der Waals surface area (Å²) in [5.41, 5.74) is 5.69. The second-order valence-electron chi connectivity index (χ2n) is 6.71. The van der Waals surface area contributed by atoms with Gasteiger partial charge in [-0.05, 0) is 80.4 Å². The number of aryl methyl sites for hydroxylation is 3. The van der Waals surface area contributed by atoms with E-state index in [9.17, 15) is 4.79 Å². The van der Waals surface area contributed by atoms with Crippen LogP contribution in [0.2, 0.25) is 0 Å². The molecule has 0 radical (unpaired) electrons. The molecule has 0 aliphatic rings. The van der Waals surface area contributed by atoms with Crippen molar-refractivity contribution in [3.63, 3.8) is 0 Å². The molecular weight excluding hydrogens is 354 g/mol. The van der Waals surface area contributed by atoms with Gasteiger partial charge in [0.2, 0.25) is 0 Å². The van der Waals surface area contributed by atoms with Crippen molar-refractivity contribution >= 4 is 5.97 Å². The molecule has 0 unspecified atom stereocenters. The van der Waals surface area contributed by atoms with E-state index in [1.165, 1.54) is 0 Å². The number of hydrogen-bond acceptors (Lipinski definition) is 4. The minimum Gasteiger partial charge on any atom is -0.493 e. The molecule has 0 atom stereocenters. The van der Waals surface area contributed by atoms with E-state index < -0.39 is 0 Å². The average molecular weight is 379 g/mol.